The molecule has 3 rings (SSSR count). The summed E-state index contributed by atoms with van der Waals surface area (Å²) in [5, 5.41) is 5.80. The Morgan fingerprint density at radius 1 is 1.14 bits per heavy atom. The fourth-order valence-corrected chi connectivity index (χ4v) is 3.27. The minimum absolute atomic E-state index is 0.0865. The van der Waals surface area contributed by atoms with Gasteiger partial charge < -0.3 is 15.4 Å². The van der Waals surface area contributed by atoms with Crippen molar-refractivity contribution < 1.29 is 14.3 Å². The third kappa shape index (κ3) is 6.30. The molecule has 2 aromatic rings. The van der Waals surface area contributed by atoms with Gasteiger partial charge in [0.25, 0.3) is 5.91 Å². The van der Waals surface area contributed by atoms with Crippen molar-refractivity contribution in [2.24, 2.45) is 0 Å². The lowest BCUT2D eigenvalue weighted by Crippen LogP contribution is -2.25. The van der Waals surface area contributed by atoms with E-state index in [9.17, 15) is 9.59 Å². The van der Waals surface area contributed by atoms with Crippen molar-refractivity contribution in [1.29, 1.82) is 0 Å². The number of nitrogens with one attached hydrogen (secondary N) is 2. The lowest BCUT2D eigenvalue weighted by molar-refractivity contribution is -0.113. The van der Waals surface area contributed by atoms with Crippen molar-refractivity contribution in [3.8, 4) is 5.75 Å². The summed E-state index contributed by atoms with van der Waals surface area (Å²) in [6.07, 6.45) is 2.10. The third-order valence-electron chi connectivity index (χ3n) is 4.38. The van der Waals surface area contributed by atoms with Gasteiger partial charge in [0.1, 0.15) is 5.75 Å². The van der Waals surface area contributed by atoms with Crippen LogP contribution in [0.4, 0.5) is 5.69 Å². The second-order valence-electron chi connectivity index (χ2n) is 7.05. The first-order chi connectivity index (χ1) is 13.5. The average Bonchev–Trinajstić information content (AvgIpc) is 3.48. The minimum Gasteiger partial charge on any atom is -0.492 e. The normalized spacial score (nSPS) is 13.1. The standard InChI is InChI=1S/C22H26N2O3S/c1-15-6-7-16(2)20(12-15)27-10-11-28-14-21(25)23-19-5-3-4-17(13-19)22(26)24-18-8-9-18/h3-7,12-13,18H,8-11,14H2,1-2H3,(H,23,25)(H,24,26). The van der Waals surface area contributed by atoms with Gasteiger partial charge in [0.15, 0.2) is 0 Å². The van der Waals surface area contributed by atoms with Crippen molar-refractivity contribution in [1.82, 2.24) is 5.32 Å². The monoisotopic (exact) mass is 398 g/mol. The van der Waals surface area contributed by atoms with E-state index in [1.54, 1.807) is 24.3 Å². The molecular weight excluding hydrogens is 372 g/mol. The molecule has 148 valence electrons. The van der Waals surface area contributed by atoms with Gasteiger partial charge in [0, 0.05) is 23.0 Å². The maximum absolute atomic E-state index is 12.1. The number of anilines is 1. The Kier molecular flexibility index (Phi) is 6.98. The van der Waals surface area contributed by atoms with E-state index in [2.05, 4.69) is 16.7 Å². The molecule has 1 fully saturated rings. The molecule has 28 heavy (non-hydrogen) atoms. The van der Waals surface area contributed by atoms with Gasteiger partial charge in [-0.15, -0.1) is 11.8 Å². The first kappa shape index (κ1) is 20.3. The van der Waals surface area contributed by atoms with Crippen LogP contribution in [0.1, 0.15) is 34.3 Å². The lowest BCUT2D eigenvalue weighted by atomic mass is 10.1. The zero-order valence-electron chi connectivity index (χ0n) is 16.3. The summed E-state index contributed by atoms with van der Waals surface area (Å²) in [7, 11) is 0. The second kappa shape index (κ2) is 9.64. The summed E-state index contributed by atoms with van der Waals surface area (Å²) in [6, 6.07) is 13.5. The number of thioether (sulfide) groups is 1. The highest BCUT2D eigenvalue weighted by molar-refractivity contribution is 7.99. The van der Waals surface area contributed by atoms with Crippen LogP contribution >= 0.6 is 11.8 Å². The van der Waals surface area contributed by atoms with Crippen molar-refractivity contribution in [3.63, 3.8) is 0 Å². The molecule has 0 bridgehead atoms. The van der Waals surface area contributed by atoms with Crippen molar-refractivity contribution >= 4 is 29.3 Å². The summed E-state index contributed by atoms with van der Waals surface area (Å²) in [6.45, 7) is 4.61. The molecule has 0 saturated heterocycles. The van der Waals surface area contributed by atoms with E-state index in [4.69, 9.17) is 4.74 Å². The van der Waals surface area contributed by atoms with Gasteiger partial charge in [-0.25, -0.2) is 0 Å². The number of hydrogen-bond donors (Lipinski definition) is 2. The summed E-state index contributed by atoms with van der Waals surface area (Å²) in [4.78, 5) is 24.2. The number of amides is 2. The van der Waals surface area contributed by atoms with Crippen LogP contribution in [-0.4, -0.2) is 36.0 Å². The molecule has 0 heterocycles. The molecule has 0 unspecified atom stereocenters. The van der Waals surface area contributed by atoms with E-state index in [0.29, 0.717) is 29.7 Å². The van der Waals surface area contributed by atoms with Gasteiger partial charge in [-0.3, -0.25) is 9.59 Å². The molecule has 2 aromatic carbocycles. The van der Waals surface area contributed by atoms with E-state index >= 15 is 0 Å². The van der Waals surface area contributed by atoms with E-state index in [1.165, 1.54) is 17.3 Å². The van der Waals surface area contributed by atoms with E-state index in [-0.39, 0.29) is 11.8 Å². The zero-order valence-corrected chi connectivity index (χ0v) is 17.1. The van der Waals surface area contributed by atoms with E-state index in [1.807, 2.05) is 26.0 Å². The molecular formula is C22H26N2O3S. The Bertz CT molecular complexity index is 849. The number of benzene rings is 2. The van der Waals surface area contributed by atoms with Crippen LogP contribution in [0.3, 0.4) is 0 Å². The maximum atomic E-state index is 12.1. The SMILES string of the molecule is Cc1ccc(C)c(OCCSCC(=O)Nc2cccc(C(=O)NC3CC3)c2)c1. The maximum Gasteiger partial charge on any atom is 0.251 e. The highest BCUT2D eigenvalue weighted by Gasteiger charge is 2.23. The van der Waals surface area contributed by atoms with E-state index < -0.39 is 0 Å². The first-order valence-electron chi connectivity index (χ1n) is 9.50. The van der Waals surface area contributed by atoms with Crippen LogP contribution in [0.25, 0.3) is 0 Å². The smallest absolute Gasteiger partial charge is 0.251 e. The quantitative estimate of drug-likeness (QED) is 0.628. The highest BCUT2D eigenvalue weighted by Crippen LogP contribution is 2.21. The van der Waals surface area contributed by atoms with Gasteiger partial charge in [0.2, 0.25) is 5.91 Å². The molecule has 1 saturated carbocycles. The molecule has 1 aliphatic rings. The van der Waals surface area contributed by atoms with Crippen molar-refractivity contribution in [2.75, 3.05) is 23.4 Å². The lowest BCUT2D eigenvalue weighted by Gasteiger charge is -2.10. The zero-order chi connectivity index (χ0) is 19.9. The molecule has 0 aromatic heterocycles. The largest absolute Gasteiger partial charge is 0.492 e. The third-order valence-corrected chi connectivity index (χ3v) is 5.30. The van der Waals surface area contributed by atoms with Gasteiger partial charge in [-0.05, 0) is 62.1 Å². The molecule has 0 aliphatic heterocycles. The van der Waals surface area contributed by atoms with E-state index in [0.717, 1.165) is 29.9 Å². The predicted molar refractivity (Wildman–Crippen MR) is 114 cm³/mol. The van der Waals surface area contributed by atoms with Crippen LogP contribution in [0.15, 0.2) is 42.5 Å². The molecule has 0 radical (unpaired) electrons. The van der Waals surface area contributed by atoms with Gasteiger partial charge >= 0.3 is 0 Å². The minimum atomic E-state index is -0.0866. The van der Waals surface area contributed by atoms with Crippen molar-refractivity contribution in [2.45, 2.75) is 32.7 Å². The molecule has 2 amide bonds. The Labute approximate surface area is 170 Å². The summed E-state index contributed by atoms with van der Waals surface area (Å²) in [5.74, 6) is 1.79. The van der Waals surface area contributed by atoms with Crippen LogP contribution in [0, 0.1) is 13.8 Å². The molecule has 5 nitrogen and oxygen atoms in total. The summed E-state index contributed by atoms with van der Waals surface area (Å²) < 4.78 is 5.80. The van der Waals surface area contributed by atoms with Gasteiger partial charge in [-0.1, -0.05) is 18.2 Å². The number of carbonyl (C=O) groups is 2. The molecule has 6 heteroatoms. The Balaban J connectivity index is 1.38. The topological polar surface area (TPSA) is 67.4 Å². The molecule has 0 spiro atoms. The van der Waals surface area contributed by atoms with Crippen LogP contribution < -0.4 is 15.4 Å². The first-order valence-corrected chi connectivity index (χ1v) is 10.7. The van der Waals surface area contributed by atoms with Gasteiger partial charge in [0.05, 0.1) is 12.4 Å². The highest BCUT2D eigenvalue weighted by atomic mass is 32.2. The number of aryl methyl sites for hydroxylation is 2. The Morgan fingerprint density at radius 2 is 1.96 bits per heavy atom. The number of hydrogen-bond acceptors (Lipinski definition) is 4. The predicted octanol–water partition coefficient (Wildman–Crippen LogP) is 3.95. The van der Waals surface area contributed by atoms with Crippen LogP contribution in [0.5, 0.6) is 5.75 Å². The van der Waals surface area contributed by atoms with Gasteiger partial charge in [-0.2, -0.15) is 0 Å². The number of rotatable bonds is 9. The number of ether oxygens (including phenoxy) is 1. The number of carbonyl (C=O) groups excluding carboxylic acids is 2. The Morgan fingerprint density at radius 3 is 2.75 bits per heavy atom. The molecule has 0 atom stereocenters. The summed E-state index contributed by atoms with van der Waals surface area (Å²) >= 11 is 1.52. The fraction of sp³-hybridized carbons (Fsp3) is 0.364. The summed E-state index contributed by atoms with van der Waals surface area (Å²) in [5.41, 5.74) is 3.49. The second-order valence-corrected chi connectivity index (χ2v) is 8.15. The fourth-order valence-electron chi connectivity index (χ4n) is 2.67. The molecule has 1 aliphatic carbocycles. The van der Waals surface area contributed by atoms with Crippen molar-refractivity contribution in [3.05, 3.63) is 59.2 Å². The average molecular weight is 399 g/mol. The Hall–Kier alpha value is -2.47. The van der Waals surface area contributed by atoms with Crippen LogP contribution in [0.2, 0.25) is 0 Å². The molecule has 2 N–H and O–H groups in total. The van der Waals surface area contributed by atoms with Crippen LogP contribution in [-0.2, 0) is 4.79 Å².